The van der Waals surface area contributed by atoms with E-state index < -0.39 is 48.8 Å². The highest BCUT2D eigenvalue weighted by atomic mass is 79.9. The van der Waals surface area contributed by atoms with Crippen molar-refractivity contribution in [3.05, 3.63) is 57.9 Å². The first-order chi connectivity index (χ1) is 20.0. The zero-order chi connectivity index (χ0) is 30.2. The fraction of sp³-hybridized carbons (Fsp3) is 0.346. The summed E-state index contributed by atoms with van der Waals surface area (Å²) in [5, 5.41) is 36.3. The van der Waals surface area contributed by atoms with Crippen molar-refractivity contribution in [2.75, 3.05) is 18.1 Å². The molecule has 1 saturated heterocycles. The van der Waals surface area contributed by atoms with Crippen molar-refractivity contribution < 1.29 is 32.5 Å². The SMILES string of the molecule is C=N/N=C(\N(CC1CC(n2cc(-c3ccc(Br)c(F)c3)nn2)C(O)C(CO)O1)c1ccc2nc(C)sc2c1)C(F)(F)F. The molecule has 5 rings (SSSR count). The van der Waals surface area contributed by atoms with Gasteiger partial charge < -0.3 is 19.8 Å². The van der Waals surface area contributed by atoms with Gasteiger partial charge in [0, 0.05) is 24.4 Å². The number of thiazole rings is 1. The lowest BCUT2D eigenvalue weighted by Crippen LogP contribution is -2.53. The van der Waals surface area contributed by atoms with Crippen LogP contribution in [-0.2, 0) is 4.74 Å². The third kappa shape index (κ3) is 6.22. The Morgan fingerprint density at radius 3 is 2.76 bits per heavy atom. The van der Waals surface area contributed by atoms with E-state index in [0.717, 1.165) is 9.91 Å². The average molecular weight is 670 g/mol. The number of benzene rings is 2. The van der Waals surface area contributed by atoms with Crippen LogP contribution in [0.5, 0.6) is 0 Å². The Labute approximate surface area is 249 Å². The normalized spacial score (nSPS) is 21.6. The smallest absolute Gasteiger partial charge is 0.394 e. The Bertz CT molecular complexity index is 1630. The highest BCUT2D eigenvalue weighted by Gasteiger charge is 2.45. The lowest BCUT2D eigenvalue weighted by molar-refractivity contribution is -0.153. The van der Waals surface area contributed by atoms with Crippen molar-refractivity contribution in [3.63, 3.8) is 0 Å². The van der Waals surface area contributed by atoms with E-state index in [4.69, 9.17) is 4.74 Å². The van der Waals surface area contributed by atoms with Gasteiger partial charge in [0.2, 0.25) is 5.84 Å². The number of alkyl halides is 3. The molecule has 2 aromatic carbocycles. The summed E-state index contributed by atoms with van der Waals surface area (Å²) in [6, 6.07) is 8.26. The fourth-order valence-corrected chi connectivity index (χ4v) is 5.95. The largest absolute Gasteiger partial charge is 0.451 e. The highest BCUT2D eigenvalue weighted by Crippen LogP contribution is 2.35. The van der Waals surface area contributed by atoms with E-state index in [1.54, 1.807) is 25.1 Å². The standard InChI is InChI=1S/C26H24BrF4N7O3S/c1-13-33-19-6-4-15(8-23(19)42-13)37(25(35-32-2)26(29,30)31)10-16-9-21(24(40)22(12-39)41-16)38-11-20(34-36-38)14-3-5-17(27)18(28)7-14/h3-8,11,16,21-22,24,39-40H,2,9-10,12H2,1H3/b35-25-. The Kier molecular flexibility index (Phi) is 8.71. The molecule has 0 radical (unpaired) electrons. The number of aliphatic hydroxyl groups is 2. The summed E-state index contributed by atoms with van der Waals surface area (Å²) in [6.45, 7) is 3.93. The number of hydrogen-bond acceptors (Lipinski definition) is 9. The molecular formula is C26H24BrF4N7O3S. The molecule has 1 aliphatic rings. The third-order valence-corrected chi connectivity index (χ3v) is 8.32. The lowest BCUT2D eigenvalue weighted by atomic mass is 9.95. The number of nitrogens with zero attached hydrogens (tertiary/aromatic N) is 7. The van der Waals surface area contributed by atoms with Gasteiger partial charge in [0.1, 0.15) is 23.7 Å². The second-order valence-electron chi connectivity index (χ2n) is 9.54. The maximum atomic E-state index is 14.2. The van der Waals surface area contributed by atoms with E-state index >= 15 is 0 Å². The van der Waals surface area contributed by atoms with Gasteiger partial charge in [-0.25, -0.2) is 14.1 Å². The number of fused-ring (bicyclic) bond motifs is 1. The number of halogens is 5. The molecule has 2 aromatic heterocycles. The van der Waals surface area contributed by atoms with E-state index in [1.807, 2.05) is 0 Å². The summed E-state index contributed by atoms with van der Waals surface area (Å²) >= 11 is 4.43. The molecule has 1 aliphatic heterocycles. The summed E-state index contributed by atoms with van der Waals surface area (Å²) in [5.74, 6) is -1.82. The second-order valence-corrected chi connectivity index (χ2v) is 11.6. The summed E-state index contributed by atoms with van der Waals surface area (Å²) < 4.78 is 65.0. The number of aromatic nitrogens is 4. The molecule has 222 valence electrons. The van der Waals surface area contributed by atoms with Gasteiger partial charge in [0.05, 0.1) is 51.2 Å². The van der Waals surface area contributed by atoms with Gasteiger partial charge >= 0.3 is 6.18 Å². The van der Waals surface area contributed by atoms with Crippen molar-refractivity contribution >= 4 is 55.7 Å². The molecule has 0 saturated carbocycles. The highest BCUT2D eigenvalue weighted by molar-refractivity contribution is 9.10. The van der Waals surface area contributed by atoms with Gasteiger partial charge in [0.25, 0.3) is 0 Å². The topological polar surface area (TPSA) is 121 Å². The quantitative estimate of drug-likeness (QED) is 0.124. The van der Waals surface area contributed by atoms with Crippen LogP contribution >= 0.6 is 27.3 Å². The molecule has 0 amide bonds. The van der Waals surface area contributed by atoms with Crippen LogP contribution in [0.15, 0.2) is 57.3 Å². The number of aryl methyl sites for hydroxylation is 1. The molecule has 0 bridgehead atoms. The predicted octanol–water partition coefficient (Wildman–Crippen LogP) is 4.90. The zero-order valence-electron chi connectivity index (χ0n) is 21.9. The molecular weight excluding hydrogens is 646 g/mol. The van der Waals surface area contributed by atoms with Crippen LogP contribution < -0.4 is 4.90 Å². The van der Waals surface area contributed by atoms with Gasteiger partial charge in [0.15, 0.2) is 0 Å². The van der Waals surface area contributed by atoms with Crippen LogP contribution in [0.3, 0.4) is 0 Å². The fourth-order valence-electron chi connectivity index (χ4n) is 4.84. The van der Waals surface area contributed by atoms with Crippen molar-refractivity contribution in [3.8, 4) is 11.3 Å². The van der Waals surface area contributed by atoms with Crippen LogP contribution in [0.4, 0.5) is 23.2 Å². The summed E-state index contributed by atoms with van der Waals surface area (Å²) in [6.07, 6.45) is -6.74. The number of rotatable bonds is 7. The van der Waals surface area contributed by atoms with Crippen LogP contribution in [0.1, 0.15) is 17.5 Å². The van der Waals surface area contributed by atoms with E-state index in [1.165, 1.54) is 40.4 Å². The molecule has 42 heavy (non-hydrogen) atoms. The molecule has 1 fully saturated rings. The Balaban J connectivity index is 1.48. The molecule has 10 nitrogen and oxygen atoms in total. The summed E-state index contributed by atoms with van der Waals surface area (Å²) in [5.41, 5.74) is 1.55. The number of anilines is 1. The second kappa shape index (κ2) is 12.1. The van der Waals surface area contributed by atoms with Gasteiger partial charge in [-0.05, 0) is 53.2 Å². The monoisotopic (exact) mass is 669 g/mol. The Morgan fingerprint density at radius 1 is 1.29 bits per heavy atom. The van der Waals surface area contributed by atoms with E-state index in [9.17, 15) is 27.8 Å². The first-order valence-corrected chi connectivity index (χ1v) is 14.2. The Hall–Kier alpha value is -3.31. The van der Waals surface area contributed by atoms with E-state index in [0.29, 0.717) is 21.5 Å². The zero-order valence-corrected chi connectivity index (χ0v) is 24.3. The minimum Gasteiger partial charge on any atom is -0.394 e. The van der Waals surface area contributed by atoms with E-state index in [2.05, 4.69) is 48.1 Å². The van der Waals surface area contributed by atoms with Gasteiger partial charge in [-0.3, -0.25) is 0 Å². The van der Waals surface area contributed by atoms with Crippen molar-refractivity contribution in [2.24, 2.45) is 10.2 Å². The lowest BCUT2D eigenvalue weighted by Gasteiger charge is -2.40. The molecule has 4 atom stereocenters. The van der Waals surface area contributed by atoms with Crippen molar-refractivity contribution in [1.29, 1.82) is 0 Å². The van der Waals surface area contributed by atoms with Crippen LogP contribution in [-0.4, -0.2) is 80.4 Å². The molecule has 4 unspecified atom stereocenters. The molecule has 0 spiro atoms. The van der Waals surface area contributed by atoms with E-state index in [-0.39, 0.29) is 23.1 Å². The van der Waals surface area contributed by atoms with Gasteiger partial charge in [-0.1, -0.05) is 11.3 Å². The first kappa shape index (κ1) is 30.2. The van der Waals surface area contributed by atoms with Gasteiger partial charge in [-0.2, -0.15) is 18.3 Å². The molecule has 2 N–H and O–H groups in total. The van der Waals surface area contributed by atoms with Crippen LogP contribution in [0.2, 0.25) is 0 Å². The predicted molar refractivity (Wildman–Crippen MR) is 153 cm³/mol. The van der Waals surface area contributed by atoms with Crippen LogP contribution in [0.25, 0.3) is 21.5 Å². The summed E-state index contributed by atoms with van der Waals surface area (Å²) in [7, 11) is 0. The number of hydrogen-bond donors (Lipinski definition) is 2. The minimum atomic E-state index is -4.90. The number of aliphatic hydroxyl groups excluding tert-OH is 2. The maximum absolute atomic E-state index is 14.2. The summed E-state index contributed by atoms with van der Waals surface area (Å²) in [4.78, 5) is 5.29. The number of ether oxygens (including phenoxy) is 1. The average Bonchev–Trinajstić information content (AvgIpc) is 3.58. The molecule has 4 aromatic rings. The minimum absolute atomic E-state index is 0.000229. The maximum Gasteiger partial charge on any atom is 0.451 e. The first-order valence-electron chi connectivity index (χ1n) is 12.6. The van der Waals surface area contributed by atoms with Gasteiger partial charge in [-0.15, -0.1) is 21.5 Å². The van der Waals surface area contributed by atoms with Crippen molar-refractivity contribution in [2.45, 2.75) is 43.9 Å². The molecule has 0 aliphatic carbocycles. The number of amidine groups is 1. The Morgan fingerprint density at radius 2 is 2.07 bits per heavy atom. The molecule has 3 heterocycles. The third-order valence-electron chi connectivity index (χ3n) is 6.74. The van der Waals surface area contributed by atoms with Crippen LogP contribution in [0, 0.1) is 12.7 Å². The van der Waals surface area contributed by atoms with Crippen molar-refractivity contribution in [1.82, 2.24) is 20.0 Å². The molecule has 16 heteroatoms.